The molecule has 0 aliphatic carbocycles. The molecule has 1 N–H and O–H groups in total. The molecule has 2 atom stereocenters. The normalized spacial score (nSPS) is 22.0. The van der Waals surface area contributed by atoms with Gasteiger partial charge in [-0.25, -0.2) is 9.97 Å². The fourth-order valence-corrected chi connectivity index (χ4v) is 4.61. The first kappa shape index (κ1) is 22.0. The fourth-order valence-electron chi connectivity index (χ4n) is 3.90. The van der Waals surface area contributed by atoms with Crippen molar-refractivity contribution in [1.29, 1.82) is 0 Å². The first-order valence-electron chi connectivity index (χ1n) is 10.1. The van der Waals surface area contributed by atoms with Crippen LogP contribution in [0.5, 0.6) is 0 Å². The van der Waals surface area contributed by atoms with Crippen LogP contribution in [-0.2, 0) is 28.5 Å². The maximum absolute atomic E-state index is 13.1. The molecule has 2 aliphatic heterocycles. The van der Waals surface area contributed by atoms with Crippen LogP contribution < -0.4 is 10.2 Å². The van der Waals surface area contributed by atoms with Crippen LogP contribution in [0.15, 0.2) is 11.4 Å². The molecule has 1 amide bonds. The van der Waals surface area contributed by atoms with E-state index in [4.69, 9.17) is 14.5 Å². The molecule has 1 fully saturated rings. The van der Waals surface area contributed by atoms with Crippen LogP contribution in [-0.4, -0.2) is 54.4 Å². The first-order chi connectivity index (χ1) is 14.7. The summed E-state index contributed by atoms with van der Waals surface area (Å²) in [4.78, 5) is 23.5. The summed E-state index contributed by atoms with van der Waals surface area (Å²) in [6.45, 7) is 6.18. The zero-order valence-electron chi connectivity index (χ0n) is 17.2. The Balaban J connectivity index is 1.66. The van der Waals surface area contributed by atoms with Gasteiger partial charge in [-0.2, -0.15) is 13.2 Å². The monoisotopic (exact) mass is 456 g/mol. The van der Waals surface area contributed by atoms with Gasteiger partial charge in [-0.05, 0) is 31.9 Å². The number of carbonyl (C=O) groups is 1. The van der Waals surface area contributed by atoms with Gasteiger partial charge in [-0.15, -0.1) is 11.3 Å². The number of alkyl halides is 3. The molecule has 0 spiro atoms. The van der Waals surface area contributed by atoms with Gasteiger partial charge >= 0.3 is 6.18 Å². The number of fused-ring (bicyclic) bond motifs is 1. The summed E-state index contributed by atoms with van der Waals surface area (Å²) in [6.07, 6.45) is -3.45. The molecule has 0 unspecified atom stereocenters. The van der Waals surface area contributed by atoms with Crippen LogP contribution in [0.2, 0.25) is 0 Å². The first-order valence-corrected chi connectivity index (χ1v) is 10.9. The third-order valence-corrected chi connectivity index (χ3v) is 5.94. The number of amides is 1. The Hall–Kier alpha value is -2.24. The summed E-state index contributed by atoms with van der Waals surface area (Å²) in [6, 6.07) is 1.71. The molecule has 11 heteroatoms. The van der Waals surface area contributed by atoms with Crippen molar-refractivity contribution in [3.05, 3.63) is 34.0 Å². The minimum absolute atomic E-state index is 0.0149. The summed E-state index contributed by atoms with van der Waals surface area (Å²) in [5, 5.41) is 3.32. The lowest BCUT2D eigenvalue weighted by Gasteiger charge is -2.36. The van der Waals surface area contributed by atoms with Gasteiger partial charge in [0.2, 0.25) is 0 Å². The second-order valence-electron chi connectivity index (χ2n) is 7.72. The van der Waals surface area contributed by atoms with Crippen molar-refractivity contribution in [2.75, 3.05) is 36.5 Å². The second kappa shape index (κ2) is 8.71. The molecule has 0 aromatic carbocycles. The lowest BCUT2D eigenvalue weighted by atomic mass is 10.0. The highest BCUT2D eigenvalue weighted by Gasteiger charge is 2.34. The molecule has 168 valence electrons. The number of hydrogen-bond donors (Lipinski definition) is 1. The quantitative estimate of drug-likeness (QED) is 0.762. The molecular weight excluding hydrogens is 433 g/mol. The zero-order chi connectivity index (χ0) is 22.2. The summed E-state index contributed by atoms with van der Waals surface area (Å²) in [5.74, 6) is 0.155. The topological polar surface area (TPSA) is 76.6 Å². The van der Waals surface area contributed by atoms with Crippen molar-refractivity contribution in [2.45, 2.75) is 45.1 Å². The third-order valence-electron chi connectivity index (χ3n) is 5.18. The molecule has 2 aromatic rings. The molecule has 31 heavy (non-hydrogen) atoms. The highest BCUT2D eigenvalue weighted by atomic mass is 32.1. The van der Waals surface area contributed by atoms with Gasteiger partial charge in [0.25, 0.3) is 5.91 Å². The molecule has 2 aromatic heterocycles. The second-order valence-corrected chi connectivity index (χ2v) is 8.58. The number of anilines is 2. The number of hydrogen-bond acceptors (Lipinski definition) is 7. The Morgan fingerprint density at radius 3 is 2.58 bits per heavy atom. The van der Waals surface area contributed by atoms with Crippen LogP contribution in [0.3, 0.4) is 0 Å². The number of thiazole rings is 1. The van der Waals surface area contributed by atoms with Gasteiger partial charge in [-0.3, -0.25) is 10.1 Å². The zero-order valence-corrected chi connectivity index (χ0v) is 18.0. The van der Waals surface area contributed by atoms with Crippen molar-refractivity contribution >= 4 is 28.2 Å². The van der Waals surface area contributed by atoms with E-state index in [0.717, 1.165) is 28.0 Å². The average molecular weight is 456 g/mol. The van der Waals surface area contributed by atoms with E-state index >= 15 is 0 Å². The predicted molar refractivity (Wildman–Crippen MR) is 110 cm³/mol. The molecule has 2 aliphatic rings. The summed E-state index contributed by atoms with van der Waals surface area (Å²) in [5.41, 5.74) is 0.913. The van der Waals surface area contributed by atoms with E-state index in [0.29, 0.717) is 50.5 Å². The number of morpholine rings is 1. The number of aromatic nitrogens is 2. The highest BCUT2D eigenvalue weighted by molar-refractivity contribution is 7.14. The maximum Gasteiger partial charge on any atom is 0.434 e. The van der Waals surface area contributed by atoms with Crippen LogP contribution >= 0.6 is 11.3 Å². The number of carbonyl (C=O) groups excluding carboxylic acids is 1. The van der Waals surface area contributed by atoms with E-state index in [1.807, 2.05) is 13.8 Å². The molecule has 0 saturated carbocycles. The van der Waals surface area contributed by atoms with Gasteiger partial charge < -0.3 is 14.4 Å². The van der Waals surface area contributed by atoms with Gasteiger partial charge in [-0.1, -0.05) is 0 Å². The van der Waals surface area contributed by atoms with Crippen LogP contribution in [0.25, 0.3) is 0 Å². The number of rotatable bonds is 3. The number of halogens is 3. The predicted octanol–water partition coefficient (Wildman–Crippen LogP) is 3.54. The third kappa shape index (κ3) is 4.99. The largest absolute Gasteiger partial charge is 0.434 e. The minimum Gasteiger partial charge on any atom is -0.381 e. The SMILES string of the molecule is C[C@@H]1CN(c2cc(C(=O)Nc3nc(C(F)(F)F)cs3)c3c(n2)CCOCC3)C[C@H](C)O1. The lowest BCUT2D eigenvalue weighted by Crippen LogP contribution is -2.46. The van der Waals surface area contributed by atoms with Crippen LogP contribution in [0.4, 0.5) is 24.1 Å². The van der Waals surface area contributed by atoms with E-state index in [2.05, 4.69) is 15.2 Å². The Morgan fingerprint density at radius 2 is 1.90 bits per heavy atom. The average Bonchev–Trinajstić information content (AvgIpc) is 3.03. The standard InChI is InChI=1S/C20H23F3N4O3S/c1-11-8-27(9-12(2)30-11)17-7-14(13-3-5-29-6-4-15(13)24-17)18(28)26-19-25-16(10-31-19)20(21,22)23/h7,10-12H,3-6,8-9H2,1-2H3,(H,25,26,28)/t11-,12+. The molecule has 4 rings (SSSR count). The molecule has 0 bridgehead atoms. The van der Waals surface area contributed by atoms with E-state index in [-0.39, 0.29) is 17.3 Å². The van der Waals surface area contributed by atoms with Gasteiger partial charge in [0.15, 0.2) is 10.8 Å². The lowest BCUT2D eigenvalue weighted by molar-refractivity contribution is -0.140. The van der Waals surface area contributed by atoms with E-state index in [1.54, 1.807) is 6.07 Å². The van der Waals surface area contributed by atoms with Crippen LogP contribution in [0.1, 0.15) is 41.2 Å². The number of nitrogens with one attached hydrogen (secondary N) is 1. The molecular formula is C20H23F3N4O3S. The number of nitrogens with zero attached hydrogens (tertiary/aromatic N) is 3. The van der Waals surface area contributed by atoms with Crippen molar-refractivity contribution in [3.63, 3.8) is 0 Å². The molecule has 7 nitrogen and oxygen atoms in total. The Kier molecular flexibility index (Phi) is 6.18. The van der Waals surface area contributed by atoms with Crippen molar-refractivity contribution < 1.29 is 27.4 Å². The minimum atomic E-state index is -4.55. The van der Waals surface area contributed by atoms with Crippen molar-refractivity contribution in [3.8, 4) is 0 Å². The van der Waals surface area contributed by atoms with Gasteiger partial charge in [0, 0.05) is 36.1 Å². The summed E-state index contributed by atoms with van der Waals surface area (Å²) < 4.78 is 49.9. The van der Waals surface area contributed by atoms with E-state index in [1.165, 1.54) is 0 Å². The van der Waals surface area contributed by atoms with E-state index < -0.39 is 17.8 Å². The summed E-state index contributed by atoms with van der Waals surface area (Å²) >= 11 is 0.743. The highest BCUT2D eigenvalue weighted by Crippen LogP contribution is 2.32. The smallest absolute Gasteiger partial charge is 0.381 e. The molecule has 4 heterocycles. The Labute approximate surface area is 181 Å². The van der Waals surface area contributed by atoms with Crippen molar-refractivity contribution in [1.82, 2.24) is 9.97 Å². The Morgan fingerprint density at radius 1 is 1.19 bits per heavy atom. The Bertz CT molecular complexity index is 956. The number of ether oxygens (including phenoxy) is 2. The van der Waals surface area contributed by atoms with Gasteiger partial charge in [0.1, 0.15) is 5.82 Å². The number of pyridine rings is 1. The van der Waals surface area contributed by atoms with Crippen LogP contribution in [0, 0.1) is 0 Å². The maximum atomic E-state index is 13.1. The van der Waals surface area contributed by atoms with Crippen molar-refractivity contribution in [2.24, 2.45) is 0 Å². The summed E-state index contributed by atoms with van der Waals surface area (Å²) in [7, 11) is 0. The fraction of sp³-hybridized carbons (Fsp3) is 0.550. The van der Waals surface area contributed by atoms with E-state index in [9.17, 15) is 18.0 Å². The van der Waals surface area contributed by atoms with Gasteiger partial charge in [0.05, 0.1) is 25.4 Å². The molecule has 0 radical (unpaired) electrons. The molecule has 1 saturated heterocycles.